The number of nitrogens with two attached hydrogens (primary N) is 1. The Hall–Kier alpha value is -1.56. The molecule has 0 fully saturated rings. The summed E-state index contributed by atoms with van der Waals surface area (Å²) in [6.45, 7) is 0. The second kappa shape index (κ2) is 5.61. The lowest BCUT2D eigenvalue weighted by Gasteiger charge is -2.18. The van der Waals surface area contributed by atoms with Crippen molar-refractivity contribution in [2.45, 2.75) is 6.04 Å². The third-order valence-corrected chi connectivity index (χ3v) is 2.99. The zero-order valence-corrected chi connectivity index (χ0v) is 10.4. The molecule has 6 heteroatoms. The zero-order chi connectivity index (χ0) is 14.0. The van der Waals surface area contributed by atoms with Gasteiger partial charge in [-0.3, -0.25) is 5.84 Å². The van der Waals surface area contributed by atoms with Gasteiger partial charge in [-0.1, -0.05) is 23.7 Å². The van der Waals surface area contributed by atoms with Crippen molar-refractivity contribution < 1.29 is 13.2 Å². The minimum Gasteiger partial charge on any atom is -0.271 e. The molecule has 0 aliphatic heterocycles. The fourth-order valence-corrected chi connectivity index (χ4v) is 1.96. The van der Waals surface area contributed by atoms with E-state index in [0.717, 1.165) is 12.1 Å². The number of benzene rings is 2. The normalized spacial score (nSPS) is 12.5. The van der Waals surface area contributed by atoms with E-state index in [4.69, 9.17) is 17.4 Å². The van der Waals surface area contributed by atoms with E-state index in [1.165, 1.54) is 18.2 Å². The predicted octanol–water partition coefficient (Wildman–Crippen LogP) is 3.31. The van der Waals surface area contributed by atoms with E-state index < -0.39 is 23.5 Å². The molecule has 0 heterocycles. The van der Waals surface area contributed by atoms with Crippen LogP contribution in [0.25, 0.3) is 0 Å². The van der Waals surface area contributed by atoms with E-state index in [0.29, 0.717) is 5.56 Å². The van der Waals surface area contributed by atoms with Gasteiger partial charge in [0.2, 0.25) is 0 Å². The largest absolute Gasteiger partial charge is 0.271 e. The first kappa shape index (κ1) is 13.9. The van der Waals surface area contributed by atoms with Crippen LogP contribution in [0.5, 0.6) is 0 Å². The molecule has 2 aromatic carbocycles. The average molecular weight is 287 g/mol. The molecular formula is C13H10ClF3N2. The lowest BCUT2D eigenvalue weighted by Crippen LogP contribution is -2.29. The zero-order valence-electron chi connectivity index (χ0n) is 9.63. The highest BCUT2D eigenvalue weighted by molar-refractivity contribution is 6.30. The molecule has 0 aliphatic rings. The van der Waals surface area contributed by atoms with Crippen molar-refractivity contribution in [2.24, 2.45) is 5.84 Å². The van der Waals surface area contributed by atoms with Gasteiger partial charge in [0.1, 0.15) is 17.5 Å². The standard InChI is InChI=1S/C13H10ClF3N2/c14-10-6-11(16)9(5-12(10)17)13(19-18)7-2-1-3-8(15)4-7/h1-6,13,19H,18H2. The molecule has 1 atom stereocenters. The summed E-state index contributed by atoms with van der Waals surface area (Å²) < 4.78 is 40.4. The summed E-state index contributed by atoms with van der Waals surface area (Å²) in [5.74, 6) is 3.36. The molecule has 2 aromatic rings. The molecule has 2 nitrogen and oxygen atoms in total. The van der Waals surface area contributed by atoms with Crippen molar-refractivity contribution >= 4 is 11.6 Å². The summed E-state index contributed by atoms with van der Waals surface area (Å²) in [6, 6.07) is 6.37. The van der Waals surface area contributed by atoms with Gasteiger partial charge in [0.25, 0.3) is 0 Å². The lowest BCUT2D eigenvalue weighted by atomic mass is 9.98. The number of rotatable bonds is 3. The molecule has 0 spiro atoms. The molecule has 0 amide bonds. The number of hydrazine groups is 1. The van der Waals surface area contributed by atoms with Gasteiger partial charge in [-0.25, -0.2) is 18.6 Å². The van der Waals surface area contributed by atoms with Crippen LogP contribution in [0.3, 0.4) is 0 Å². The summed E-state index contributed by atoms with van der Waals surface area (Å²) in [4.78, 5) is 0. The summed E-state index contributed by atoms with van der Waals surface area (Å²) >= 11 is 5.48. The molecule has 0 radical (unpaired) electrons. The Morgan fingerprint density at radius 2 is 1.79 bits per heavy atom. The van der Waals surface area contributed by atoms with E-state index in [1.54, 1.807) is 6.07 Å². The molecular weight excluding hydrogens is 277 g/mol. The van der Waals surface area contributed by atoms with Crippen LogP contribution in [0.2, 0.25) is 5.02 Å². The molecule has 19 heavy (non-hydrogen) atoms. The second-order valence-corrected chi connectivity index (χ2v) is 4.35. The number of hydrogen-bond acceptors (Lipinski definition) is 2. The Labute approximate surface area is 113 Å². The predicted molar refractivity (Wildman–Crippen MR) is 66.9 cm³/mol. The summed E-state index contributed by atoms with van der Waals surface area (Å²) in [5.41, 5.74) is 2.66. The van der Waals surface area contributed by atoms with Gasteiger partial charge in [0.15, 0.2) is 0 Å². The van der Waals surface area contributed by atoms with Crippen molar-refractivity contribution in [3.05, 3.63) is 70.0 Å². The molecule has 3 N–H and O–H groups in total. The van der Waals surface area contributed by atoms with E-state index in [9.17, 15) is 13.2 Å². The van der Waals surface area contributed by atoms with Crippen LogP contribution in [-0.4, -0.2) is 0 Å². The highest BCUT2D eigenvalue weighted by Gasteiger charge is 2.19. The fourth-order valence-electron chi connectivity index (χ4n) is 1.81. The maximum Gasteiger partial charge on any atom is 0.142 e. The third kappa shape index (κ3) is 2.89. The van der Waals surface area contributed by atoms with Crippen LogP contribution in [0.15, 0.2) is 36.4 Å². The number of hydrogen-bond donors (Lipinski definition) is 2. The topological polar surface area (TPSA) is 38.0 Å². The van der Waals surface area contributed by atoms with Crippen LogP contribution in [0.4, 0.5) is 13.2 Å². The molecule has 0 aliphatic carbocycles. The first-order valence-corrected chi connectivity index (χ1v) is 5.76. The summed E-state index contributed by atoms with van der Waals surface area (Å²) in [5, 5.41) is -0.323. The van der Waals surface area contributed by atoms with Crippen LogP contribution < -0.4 is 11.3 Å². The van der Waals surface area contributed by atoms with Crippen LogP contribution >= 0.6 is 11.6 Å². The third-order valence-electron chi connectivity index (χ3n) is 2.70. The van der Waals surface area contributed by atoms with Gasteiger partial charge in [-0.15, -0.1) is 0 Å². The molecule has 0 saturated heterocycles. The Kier molecular flexibility index (Phi) is 4.09. The van der Waals surface area contributed by atoms with Gasteiger partial charge in [0.05, 0.1) is 11.1 Å². The van der Waals surface area contributed by atoms with Crippen molar-refractivity contribution in [1.29, 1.82) is 0 Å². The van der Waals surface area contributed by atoms with Gasteiger partial charge in [0, 0.05) is 5.56 Å². The smallest absolute Gasteiger partial charge is 0.142 e. The quantitative estimate of drug-likeness (QED) is 0.516. The number of halogens is 4. The number of nitrogens with one attached hydrogen (secondary N) is 1. The van der Waals surface area contributed by atoms with E-state index in [2.05, 4.69) is 5.43 Å². The minimum atomic E-state index is -0.873. The highest BCUT2D eigenvalue weighted by atomic mass is 35.5. The molecule has 2 rings (SSSR count). The highest BCUT2D eigenvalue weighted by Crippen LogP contribution is 2.28. The summed E-state index contributed by atoms with van der Waals surface area (Å²) in [6.07, 6.45) is 0. The molecule has 100 valence electrons. The lowest BCUT2D eigenvalue weighted by molar-refractivity contribution is 0.543. The Morgan fingerprint density at radius 1 is 1.05 bits per heavy atom. The first-order chi connectivity index (χ1) is 9.02. The van der Waals surface area contributed by atoms with Crippen LogP contribution in [0.1, 0.15) is 17.2 Å². The Bertz CT molecular complexity index is 604. The van der Waals surface area contributed by atoms with Gasteiger partial charge in [-0.2, -0.15) is 0 Å². The van der Waals surface area contributed by atoms with E-state index in [-0.39, 0.29) is 10.6 Å². The second-order valence-electron chi connectivity index (χ2n) is 3.94. The fraction of sp³-hybridized carbons (Fsp3) is 0.0769. The SMILES string of the molecule is NNC(c1cccc(F)c1)c1cc(F)c(Cl)cc1F. The van der Waals surface area contributed by atoms with Gasteiger partial charge >= 0.3 is 0 Å². The monoisotopic (exact) mass is 286 g/mol. The van der Waals surface area contributed by atoms with Gasteiger partial charge in [-0.05, 0) is 29.8 Å². The first-order valence-electron chi connectivity index (χ1n) is 5.39. The average Bonchev–Trinajstić information content (AvgIpc) is 2.36. The van der Waals surface area contributed by atoms with E-state index in [1.807, 2.05) is 0 Å². The maximum atomic E-state index is 13.8. The molecule has 0 saturated carbocycles. The molecule has 0 bridgehead atoms. The summed E-state index contributed by atoms with van der Waals surface area (Å²) in [7, 11) is 0. The van der Waals surface area contributed by atoms with Gasteiger partial charge < -0.3 is 0 Å². The molecule has 1 unspecified atom stereocenters. The van der Waals surface area contributed by atoms with Crippen LogP contribution in [0, 0.1) is 17.5 Å². The van der Waals surface area contributed by atoms with Crippen molar-refractivity contribution in [2.75, 3.05) is 0 Å². The van der Waals surface area contributed by atoms with Crippen LogP contribution in [-0.2, 0) is 0 Å². The van der Waals surface area contributed by atoms with Crippen molar-refractivity contribution in [3.63, 3.8) is 0 Å². The molecule has 0 aromatic heterocycles. The van der Waals surface area contributed by atoms with Crippen molar-refractivity contribution in [3.8, 4) is 0 Å². The Morgan fingerprint density at radius 3 is 2.42 bits per heavy atom. The maximum absolute atomic E-state index is 13.8. The van der Waals surface area contributed by atoms with Crippen molar-refractivity contribution in [1.82, 2.24) is 5.43 Å². The minimum absolute atomic E-state index is 0.0463. The Balaban J connectivity index is 2.51. The van der Waals surface area contributed by atoms with E-state index >= 15 is 0 Å².